The van der Waals surface area contributed by atoms with Crippen molar-refractivity contribution in [3.63, 3.8) is 0 Å². The van der Waals surface area contributed by atoms with Crippen molar-refractivity contribution in [1.29, 1.82) is 0 Å². The summed E-state index contributed by atoms with van der Waals surface area (Å²) in [7, 11) is 0. The van der Waals surface area contributed by atoms with E-state index in [1.165, 1.54) is 0 Å². The molecule has 1 fully saturated rings. The Morgan fingerprint density at radius 1 is 1.31 bits per heavy atom. The third-order valence-corrected chi connectivity index (χ3v) is 4.47. The largest absolute Gasteiger partial charge is 0.484 e. The number of amides is 1. The molecule has 0 bridgehead atoms. The third-order valence-electron chi connectivity index (χ3n) is 4.23. The topological polar surface area (TPSA) is 63.9 Å². The van der Waals surface area contributed by atoms with Gasteiger partial charge in [0, 0.05) is 24.7 Å². The quantitative estimate of drug-likeness (QED) is 0.802. The molecule has 1 amide bonds. The van der Waals surface area contributed by atoms with Crippen LogP contribution in [0.15, 0.2) is 40.8 Å². The molecule has 1 aliphatic heterocycles. The molecule has 1 aliphatic rings. The van der Waals surface area contributed by atoms with Crippen LogP contribution in [-0.2, 0) is 9.53 Å². The van der Waals surface area contributed by atoms with Gasteiger partial charge in [-0.25, -0.2) is 0 Å². The number of aryl methyl sites for hydroxylation is 1. The average Bonchev–Trinajstić information content (AvgIpc) is 3.07. The molecule has 2 heterocycles. The van der Waals surface area contributed by atoms with Gasteiger partial charge in [-0.2, -0.15) is 0 Å². The molecule has 1 aromatic carbocycles. The van der Waals surface area contributed by atoms with Crippen LogP contribution in [0.2, 0.25) is 5.02 Å². The van der Waals surface area contributed by atoms with Crippen molar-refractivity contribution >= 4 is 17.5 Å². The summed E-state index contributed by atoms with van der Waals surface area (Å²) < 4.78 is 16.7. The van der Waals surface area contributed by atoms with E-state index >= 15 is 0 Å². The van der Waals surface area contributed by atoms with Gasteiger partial charge in [-0.1, -0.05) is 17.7 Å². The van der Waals surface area contributed by atoms with Gasteiger partial charge >= 0.3 is 0 Å². The number of ether oxygens (including phenoxy) is 2. The predicted octanol–water partition coefficient (Wildman–Crippen LogP) is 2.81. The summed E-state index contributed by atoms with van der Waals surface area (Å²) in [5.41, 5.74) is 0. The van der Waals surface area contributed by atoms with Gasteiger partial charge in [-0.05, 0) is 37.3 Å². The SMILES string of the molecule is Cc1ccc([C@@H](CNC(=O)COc2cccc(Cl)c2)N2CCOCC2)o1. The number of halogens is 1. The summed E-state index contributed by atoms with van der Waals surface area (Å²) in [6, 6.07) is 10.9. The molecule has 0 unspecified atom stereocenters. The Hall–Kier alpha value is -2.02. The minimum atomic E-state index is -0.188. The molecule has 0 aliphatic carbocycles. The fourth-order valence-electron chi connectivity index (χ4n) is 2.90. The Morgan fingerprint density at radius 3 is 2.81 bits per heavy atom. The average molecular weight is 379 g/mol. The molecule has 2 aromatic rings. The van der Waals surface area contributed by atoms with Gasteiger partial charge in [0.05, 0.1) is 19.3 Å². The lowest BCUT2D eigenvalue weighted by molar-refractivity contribution is -0.123. The van der Waals surface area contributed by atoms with Crippen molar-refractivity contribution in [2.75, 3.05) is 39.5 Å². The standard InChI is InChI=1S/C19H23ClN2O4/c1-14-5-6-18(26-14)17(22-7-9-24-10-8-22)12-21-19(23)13-25-16-4-2-3-15(20)11-16/h2-6,11,17H,7-10,12-13H2,1H3,(H,21,23)/t17-/m1/s1. The number of hydrogen-bond acceptors (Lipinski definition) is 5. The van der Waals surface area contributed by atoms with E-state index < -0.39 is 0 Å². The Labute approximate surface area is 158 Å². The minimum absolute atomic E-state index is 0.0253. The molecule has 0 saturated carbocycles. The highest BCUT2D eigenvalue weighted by molar-refractivity contribution is 6.30. The van der Waals surface area contributed by atoms with Crippen LogP contribution in [-0.4, -0.2) is 50.3 Å². The highest BCUT2D eigenvalue weighted by Crippen LogP contribution is 2.23. The second kappa shape index (κ2) is 9.07. The predicted molar refractivity (Wildman–Crippen MR) is 98.5 cm³/mol. The highest BCUT2D eigenvalue weighted by atomic mass is 35.5. The number of carbonyl (C=O) groups is 1. The molecular formula is C19H23ClN2O4. The van der Waals surface area contributed by atoms with Gasteiger partial charge in [0.1, 0.15) is 17.3 Å². The van der Waals surface area contributed by atoms with Crippen LogP contribution in [0.1, 0.15) is 17.6 Å². The lowest BCUT2D eigenvalue weighted by Crippen LogP contribution is -2.44. The second-order valence-electron chi connectivity index (χ2n) is 6.16. The summed E-state index contributed by atoms with van der Waals surface area (Å²) in [5, 5.41) is 3.51. The number of rotatable bonds is 7. The molecular weight excluding hydrogens is 356 g/mol. The molecule has 1 aromatic heterocycles. The zero-order valence-electron chi connectivity index (χ0n) is 14.7. The molecule has 0 radical (unpaired) electrons. The van der Waals surface area contributed by atoms with Crippen molar-refractivity contribution in [3.8, 4) is 5.75 Å². The first-order valence-electron chi connectivity index (χ1n) is 8.65. The Morgan fingerprint density at radius 2 is 2.12 bits per heavy atom. The summed E-state index contributed by atoms with van der Waals surface area (Å²) in [6.45, 7) is 5.28. The van der Waals surface area contributed by atoms with E-state index in [0.29, 0.717) is 30.5 Å². The first-order valence-corrected chi connectivity index (χ1v) is 9.03. The third kappa shape index (κ3) is 5.24. The van der Waals surface area contributed by atoms with Gasteiger partial charge in [0.15, 0.2) is 6.61 Å². The number of benzene rings is 1. The van der Waals surface area contributed by atoms with E-state index in [4.69, 9.17) is 25.5 Å². The fourth-order valence-corrected chi connectivity index (χ4v) is 3.08. The fraction of sp³-hybridized carbons (Fsp3) is 0.421. The maximum Gasteiger partial charge on any atom is 0.258 e. The van der Waals surface area contributed by atoms with E-state index in [-0.39, 0.29) is 18.6 Å². The molecule has 26 heavy (non-hydrogen) atoms. The second-order valence-corrected chi connectivity index (χ2v) is 6.60. The van der Waals surface area contributed by atoms with Crippen molar-refractivity contribution in [3.05, 3.63) is 52.9 Å². The van der Waals surface area contributed by atoms with Crippen molar-refractivity contribution < 1.29 is 18.7 Å². The summed E-state index contributed by atoms with van der Waals surface area (Å²) >= 11 is 5.91. The van der Waals surface area contributed by atoms with Gasteiger partial charge < -0.3 is 19.2 Å². The van der Waals surface area contributed by atoms with Crippen LogP contribution < -0.4 is 10.1 Å². The lowest BCUT2D eigenvalue weighted by atomic mass is 10.1. The lowest BCUT2D eigenvalue weighted by Gasteiger charge is -2.33. The number of carbonyl (C=O) groups excluding carboxylic acids is 1. The summed E-state index contributed by atoms with van der Waals surface area (Å²) in [6.07, 6.45) is 0. The first kappa shape index (κ1) is 18.8. The summed E-state index contributed by atoms with van der Waals surface area (Å²) in [5.74, 6) is 2.08. The number of nitrogens with one attached hydrogen (secondary N) is 1. The molecule has 0 spiro atoms. The van der Waals surface area contributed by atoms with Gasteiger partial charge in [0.2, 0.25) is 0 Å². The van der Waals surface area contributed by atoms with Crippen molar-refractivity contribution in [2.45, 2.75) is 13.0 Å². The Bertz CT molecular complexity index is 728. The zero-order valence-corrected chi connectivity index (χ0v) is 15.5. The molecule has 6 nitrogen and oxygen atoms in total. The molecule has 3 rings (SSSR count). The van der Waals surface area contributed by atoms with Crippen LogP contribution in [0.3, 0.4) is 0 Å². The van der Waals surface area contributed by atoms with Crippen molar-refractivity contribution in [1.82, 2.24) is 10.2 Å². The number of furan rings is 1. The number of hydrogen-bond donors (Lipinski definition) is 1. The number of nitrogens with zero attached hydrogens (tertiary/aromatic N) is 1. The van der Waals surface area contributed by atoms with Gasteiger partial charge in [-0.3, -0.25) is 9.69 Å². The first-order chi connectivity index (χ1) is 12.6. The van der Waals surface area contributed by atoms with Gasteiger partial charge in [-0.15, -0.1) is 0 Å². The zero-order chi connectivity index (χ0) is 18.4. The van der Waals surface area contributed by atoms with E-state index in [1.54, 1.807) is 24.3 Å². The molecule has 1 atom stereocenters. The molecule has 7 heteroatoms. The molecule has 1 N–H and O–H groups in total. The molecule has 1 saturated heterocycles. The van der Waals surface area contributed by atoms with Crippen LogP contribution in [0.4, 0.5) is 0 Å². The van der Waals surface area contributed by atoms with Crippen LogP contribution >= 0.6 is 11.6 Å². The van der Waals surface area contributed by atoms with Crippen LogP contribution in [0.5, 0.6) is 5.75 Å². The van der Waals surface area contributed by atoms with E-state index in [0.717, 1.165) is 24.6 Å². The van der Waals surface area contributed by atoms with Crippen molar-refractivity contribution in [2.24, 2.45) is 0 Å². The maximum atomic E-state index is 12.2. The molecule has 140 valence electrons. The highest BCUT2D eigenvalue weighted by Gasteiger charge is 2.25. The van der Waals surface area contributed by atoms with E-state index in [9.17, 15) is 4.79 Å². The number of morpholine rings is 1. The Kier molecular flexibility index (Phi) is 6.55. The summed E-state index contributed by atoms with van der Waals surface area (Å²) in [4.78, 5) is 14.4. The smallest absolute Gasteiger partial charge is 0.258 e. The minimum Gasteiger partial charge on any atom is -0.484 e. The normalized spacial score (nSPS) is 16.2. The van der Waals surface area contributed by atoms with E-state index in [1.807, 2.05) is 19.1 Å². The van der Waals surface area contributed by atoms with E-state index in [2.05, 4.69) is 10.2 Å². The van der Waals surface area contributed by atoms with Gasteiger partial charge in [0.25, 0.3) is 5.91 Å². The Balaban J connectivity index is 1.55. The van der Waals surface area contributed by atoms with Crippen LogP contribution in [0, 0.1) is 6.92 Å². The van der Waals surface area contributed by atoms with Crippen LogP contribution in [0.25, 0.3) is 0 Å². The monoisotopic (exact) mass is 378 g/mol. The maximum absolute atomic E-state index is 12.2.